The average Bonchev–Trinajstić information content (AvgIpc) is 2.71. The molecule has 3 aromatic rings. The minimum absolute atomic E-state index is 0.0271. The number of hydrogen-bond donors (Lipinski definition) is 2. The van der Waals surface area contributed by atoms with Gasteiger partial charge in [-0.25, -0.2) is 12.8 Å². The van der Waals surface area contributed by atoms with E-state index in [4.69, 9.17) is 0 Å². The van der Waals surface area contributed by atoms with Crippen molar-refractivity contribution in [1.82, 2.24) is 0 Å². The fraction of sp³-hybridized carbons (Fsp3) is 0.136. The van der Waals surface area contributed by atoms with Gasteiger partial charge >= 0.3 is 0 Å². The van der Waals surface area contributed by atoms with Crippen LogP contribution in [0.5, 0.6) is 0 Å². The van der Waals surface area contributed by atoms with E-state index in [9.17, 15) is 17.6 Å². The zero-order chi connectivity index (χ0) is 21.3. The lowest BCUT2D eigenvalue weighted by Crippen LogP contribution is -2.47. The molecular formula is C22H20FN3O3S. The first-order valence-corrected chi connectivity index (χ1v) is 10.8. The highest BCUT2D eigenvalue weighted by atomic mass is 32.2. The predicted octanol–water partition coefficient (Wildman–Crippen LogP) is 3.63. The molecule has 0 bridgehead atoms. The van der Waals surface area contributed by atoms with Crippen molar-refractivity contribution in [2.75, 3.05) is 22.0 Å². The maximum Gasteiger partial charge on any atom is 0.261 e. The summed E-state index contributed by atoms with van der Waals surface area (Å²) in [6.45, 7) is 0. The highest BCUT2D eigenvalue weighted by molar-refractivity contribution is 7.92. The number of likely N-dealkylation sites (N-methyl/N-ethyl adjacent to an activating group) is 1. The molecule has 1 aliphatic heterocycles. The van der Waals surface area contributed by atoms with Crippen molar-refractivity contribution in [2.45, 2.75) is 17.4 Å². The van der Waals surface area contributed by atoms with E-state index in [0.29, 0.717) is 12.1 Å². The number of halogens is 1. The van der Waals surface area contributed by atoms with Crippen LogP contribution in [-0.4, -0.2) is 27.4 Å². The number of rotatable bonds is 5. The minimum atomic E-state index is -3.95. The fourth-order valence-corrected chi connectivity index (χ4v) is 4.56. The van der Waals surface area contributed by atoms with Gasteiger partial charge in [-0.3, -0.25) is 9.52 Å². The van der Waals surface area contributed by atoms with Gasteiger partial charge in [-0.2, -0.15) is 0 Å². The van der Waals surface area contributed by atoms with Crippen molar-refractivity contribution in [2.24, 2.45) is 0 Å². The molecule has 0 aromatic heterocycles. The summed E-state index contributed by atoms with van der Waals surface area (Å²) < 4.78 is 41.1. The third kappa shape index (κ3) is 3.99. The van der Waals surface area contributed by atoms with Crippen LogP contribution in [0.4, 0.5) is 21.5 Å². The number of amides is 1. The first-order chi connectivity index (χ1) is 14.3. The molecule has 0 saturated carbocycles. The Morgan fingerprint density at radius 2 is 1.80 bits per heavy atom. The largest absolute Gasteiger partial charge is 0.361 e. The summed E-state index contributed by atoms with van der Waals surface area (Å²) in [5, 5.41) is 2.81. The average molecular weight is 425 g/mol. The van der Waals surface area contributed by atoms with Gasteiger partial charge in [0.25, 0.3) is 10.0 Å². The van der Waals surface area contributed by atoms with Gasteiger partial charge < -0.3 is 10.2 Å². The lowest BCUT2D eigenvalue weighted by molar-refractivity contribution is -0.117. The molecule has 6 nitrogen and oxygen atoms in total. The number of benzene rings is 3. The van der Waals surface area contributed by atoms with E-state index in [1.165, 1.54) is 30.3 Å². The lowest BCUT2D eigenvalue weighted by Gasteiger charge is -2.35. The first-order valence-electron chi connectivity index (χ1n) is 9.33. The third-order valence-corrected chi connectivity index (χ3v) is 6.41. The summed E-state index contributed by atoms with van der Waals surface area (Å²) in [7, 11) is -2.14. The van der Waals surface area contributed by atoms with E-state index >= 15 is 0 Å². The molecule has 0 fully saturated rings. The predicted molar refractivity (Wildman–Crippen MR) is 115 cm³/mol. The van der Waals surface area contributed by atoms with E-state index in [-0.39, 0.29) is 16.5 Å². The quantitative estimate of drug-likeness (QED) is 0.654. The van der Waals surface area contributed by atoms with Gasteiger partial charge in [0.2, 0.25) is 5.91 Å². The number of fused-ring (bicyclic) bond motifs is 1. The van der Waals surface area contributed by atoms with Crippen molar-refractivity contribution in [3.05, 3.63) is 84.2 Å². The number of hydrogen-bond acceptors (Lipinski definition) is 4. The molecule has 0 saturated heterocycles. The Kier molecular flexibility index (Phi) is 5.17. The van der Waals surface area contributed by atoms with E-state index in [1.807, 2.05) is 42.3 Å². The van der Waals surface area contributed by atoms with E-state index in [0.717, 1.165) is 17.3 Å². The Hall–Kier alpha value is -3.39. The highest BCUT2D eigenvalue weighted by Gasteiger charge is 2.31. The fourth-order valence-electron chi connectivity index (χ4n) is 3.48. The van der Waals surface area contributed by atoms with Crippen LogP contribution >= 0.6 is 0 Å². The second kappa shape index (κ2) is 7.79. The molecule has 154 valence electrons. The molecule has 2 N–H and O–H groups in total. The zero-order valence-corrected chi connectivity index (χ0v) is 17.0. The van der Waals surface area contributed by atoms with Crippen LogP contribution in [-0.2, 0) is 21.2 Å². The molecule has 1 heterocycles. The van der Waals surface area contributed by atoms with Gasteiger partial charge in [-0.05, 0) is 42.0 Å². The smallest absolute Gasteiger partial charge is 0.261 e. The highest BCUT2D eigenvalue weighted by Crippen LogP contribution is 2.34. The van der Waals surface area contributed by atoms with Gasteiger partial charge in [0, 0.05) is 13.5 Å². The van der Waals surface area contributed by atoms with Crippen molar-refractivity contribution >= 4 is 33.0 Å². The van der Waals surface area contributed by atoms with Crippen LogP contribution in [0.3, 0.4) is 0 Å². The molecule has 1 aliphatic rings. The summed E-state index contributed by atoms with van der Waals surface area (Å²) in [4.78, 5) is 14.5. The van der Waals surface area contributed by atoms with Gasteiger partial charge in [0.15, 0.2) is 0 Å². The summed E-state index contributed by atoms with van der Waals surface area (Å²) >= 11 is 0. The SMILES string of the molecule is CN1c2ccc(S(=O)(=O)Nc3cccc(F)c3)cc2NC(=O)C1Cc1ccccc1. The van der Waals surface area contributed by atoms with Crippen molar-refractivity contribution in [3.8, 4) is 0 Å². The standard InChI is InChI=1S/C22H20FN3O3S/c1-26-20-11-10-18(30(28,29)25-17-9-5-8-16(23)13-17)14-19(20)24-22(27)21(26)12-15-6-3-2-4-7-15/h2-11,13-14,21,25H,12H2,1H3,(H,24,27). The molecule has 1 unspecified atom stereocenters. The first kappa shape index (κ1) is 19.9. The Balaban J connectivity index is 1.60. The Labute approximate surface area is 174 Å². The van der Waals surface area contributed by atoms with Crippen LogP contribution in [0.2, 0.25) is 0 Å². The summed E-state index contributed by atoms with van der Waals surface area (Å²) in [6, 6.07) is 19.0. The van der Waals surface area contributed by atoms with Crippen LogP contribution in [0, 0.1) is 5.82 Å². The van der Waals surface area contributed by atoms with Crippen LogP contribution in [0.15, 0.2) is 77.7 Å². The molecule has 30 heavy (non-hydrogen) atoms. The molecule has 1 amide bonds. The number of nitrogens with zero attached hydrogens (tertiary/aromatic N) is 1. The Bertz CT molecular complexity index is 1200. The van der Waals surface area contributed by atoms with E-state index in [1.54, 1.807) is 6.07 Å². The number of carbonyl (C=O) groups is 1. The molecule has 0 spiro atoms. The van der Waals surface area contributed by atoms with E-state index < -0.39 is 21.9 Å². The normalized spacial score (nSPS) is 16.0. The second-order valence-corrected chi connectivity index (χ2v) is 8.78. The number of sulfonamides is 1. The van der Waals surface area contributed by atoms with Crippen molar-refractivity contribution in [1.29, 1.82) is 0 Å². The lowest BCUT2D eigenvalue weighted by atomic mass is 10.0. The second-order valence-electron chi connectivity index (χ2n) is 7.10. The zero-order valence-electron chi connectivity index (χ0n) is 16.2. The Morgan fingerprint density at radius 1 is 1.03 bits per heavy atom. The minimum Gasteiger partial charge on any atom is -0.361 e. The topological polar surface area (TPSA) is 78.5 Å². The molecule has 3 aromatic carbocycles. The molecule has 8 heteroatoms. The van der Waals surface area contributed by atoms with Gasteiger partial charge in [0.05, 0.1) is 22.0 Å². The van der Waals surface area contributed by atoms with E-state index in [2.05, 4.69) is 10.0 Å². The molecule has 1 atom stereocenters. The monoisotopic (exact) mass is 425 g/mol. The third-order valence-electron chi connectivity index (χ3n) is 5.04. The molecular weight excluding hydrogens is 405 g/mol. The van der Waals surface area contributed by atoms with Gasteiger partial charge in [0.1, 0.15) is 11.9 Å². The summed E-state index contributed by atoms with van der Waals surface area (Å²) in [5.41, 5.74) is 2.29. The number of anilines is 3. The summed E-state index contributed by atoms with van der Waals surface area (Å²) in [5.74, 6) is -0.750. The molecule has 0 radical (unpaired) electrons. The molecule has 4 rings (SSSR count). The summed E-state index contributed by atoms with van der Waals surface area (Å²) in [6.07, 6.45) is 0.532. The van der Waals surface area contributed by atoms with Gasteiger partial charge in [-0.1, -0.05) is 36.4 Å². The number of carbonyl (C=O) groups excluding carboxylic acids is 1. The maximum atomic E-state index is 13.4. The van der Waals surface area contributed by atoms with Crippen molar-refractivity contribution < 1.29 is 17.6 Å². The van der Waals surface area contributed by atoms with Crippen LogP contribution < -0.4 is 14.9 Å². The van der Waals surface area contributed by atoms with Crippen LogP contribution in [0.25, 0.3) is 0 Å². The van der Waals surface area contributed by atoms with Gasteiger partial charge in [-0.15, -0.1) is 0 Å². The van der Waals surface area contributed by atoms with Crippen LogP contribution in [0.1, 0.15) is 5.56 Å². The number of nitrogens with one attached hydrogen (secondary N) is 2. The Morgan fingerprint density at radius 3 is 2.53 bits per heavy atom. The van der Waals surface area contributed by atoms with Crippen molar-refractivity contribution in [3.63, 3.8) is 0 Å². The molecule has 0 aliphatic carbocycles. The maximum absolute atomic E-state index is 13.4.